The number of carboxylic acid groups (broad SMARTS) is 1. The van der Waals surface area contributed by atoms with Gasteiger partial charge in [0.15, 0.2) is 6.61 Å². The zero-order chi connectivity index (χ0) is 22.0. The predicted octanol–water partition coefficient (Wildman–Crippen LogP) is 6.55. The van der Waals surface area contributed by atoms with Crippen LogP contribution in [0.3, 0.4) is 0 Å². The second-order valence-corrected chi connectivity index (χ2v) is 6.56. The molecule has 1 unspecified atom stereocenters. The first-order valence-corrected chi connectivity index (χ1v) is 8.64. The number of carboxylic acids is 1. The lowest BCUT2D eigenvalue weighted by Crippen LogP contribution is -2.20. The van der Waals surface area contributed by atoms with Crippen molar-refractivity contribution in [2.24, 2.45) is 0 Å². The van der Waals surface area contributed by atoms with Crippen LogP contribution in [-0.2, 0) is 11.0 Å². The van der Waals surface area contributed by atoms with Gasteiger partial charge in [-0.05, 0) is 41.8 Å². The van der Waals surface area contributed by atoms with Crippen LogP contribution in [0.2, 0.25) is 5.02 Å². The van der Waals surface area contributed by atoms with E-state index in [1.54, 1.807) is 6.92 Å². The topological polar surface area (TPSA) is 46.5 Å². The number of ether oxygens (including phenoxy) is 1. The molecule has 2 aromatic rings. The van der Waals surface area contributed by atoms with E-state index in [-0.39, 0.29) is 33.9 Å². The molecule has 0 amide bonds. The lowest BCUT2D eigenvalue weighted by Gasteiger charge is -2.19. The molecule has 2 rings (SSSR count). The number of hydrogen-bond acceptors (Lipinski definition) is 2. The van der Waals surface area contributed by atoms with Gasteiger partial charge in [0.05, 0.1) is 16.5 Å². The van der Waals surface area contributed by atoms with E-state index in [4.69, 9.17) is 16.3 Å². The van der Waals surface area contributed by atoms with E-state index in [2.05, 4.69) is 0 Å². The van der Waals surface area contributed by atoms with Gasteiger partial charge in [-0.3, -0.25) is 4.79 Å². The summed E-state index contributed by atoms with van der Waals surface area (Å²) in [6, 6.07) is 6.01. The standard InChI is InChI=1S/C19H15ClF6O3/c1-2-13(17(27)28)11-7-14(20)16(15(8-11)29-9-18(21,22)23)10-3-5-12(6-4-10)19(24,25)26/h3-8,13H,2,9H2,1H3,(H,27,28). The lowest BCUT2D eigenvalue weighted by atomic mass is 9.93. The smallest absolute Gasteiger partial charge is 0.422 e. The van der Waals surface area contributed by atoms with Gasteiger partial charge in [0.1, 0.15) is 5.75 Å². The zero-order valence-corrected chi connectivity index (χ0v) is 15.6. The van der Waals surface area contributed by atoms with Crippen molar-refractivity contribution in [1.29, 1.82) is 0 Å². The van der Waals surface area contributed by atoms with Crippen molar-refractivity contribution in [2.45, 2.75) is 31.6 Å². The first-order chi connectivity index (χ1) is 13.3. The van der Waals surface area contributed by atoms with Gasteiger partial charge in [0.2, 0.25) is 0 Å². The Morgan fingerprint density at radius 2 is 1.69 bits per heavy atom. The Morgan fingerprint density at radius 1 is 1.10 bits per heavy atom. The molecule has 0 aromatic heterocycles. The fourth-order valence-corrected chi connectivity index (χ4v) is 3.06. The Morgan fingerprint density at radius 3 is 2.14 bits per heavy atom. The molecule has 158 valence electrons. The van der Waals surface area contributed by atoms with Gasteiger partial charge in [0.25, 0.3) is 0 Å². The van der Waals surface area contributed by atoms with E-state index in [0.717, 1.165) is 30.3 Å². The summed E-state index contributed by atoms with van der Waals surface area (Å²) in [7, 11) is 0. The van der Waals surface area contributed by atoms with Crippen molar-refractivity contribution >= 4 is 17.6 Å². The molecular formula is C19H15ClF6O3. The second kappa shape index (κ2) is 8.52. The van der Waals surface area contributed by atoms with E-state index >= 15 is 0 Å². The van der Waals surface area contributed by atoms with Crippen LogP contribution >= 0.6 is 11.6 Å². The summed E-state index contributed by atoms with van der Waals surface area (Å²) in [6.45, 7) is -0.100. The average molecular weight is 441 g/mol. The van der Waals surface area contributed by atoms with Crippen LogP contribution in [0.25, 0.3) is 11.1 Å². The highest BCUT2D eigenvalue weighted by atomic mass is 35.5. The van der Waals surface area contributed by atoms with Crippen LogP contribution in [0.5, 0.6) is 5.75 Å². The summed E-state index contributed by atoms with van der Waals surface area (Å²) in [5.41, 5.74) is -0.787. The normalized spacial score (nSPS) is 13.2. The monoisotopic (exact) mass is 440 g/mol. The van der Waals surface area contributed by atoms with E-state index in [9.17, 15) is 36.2 Å². The molecule has 10 heteroatoms. The third-order valence-electron chi connectivity index (χ3n) is 4.08. The molecule has 2 aromatic carbocycles. The highest BCUT2D eigenvalue weighted by Crippen LogP contribution is 2.41. The minimum Gasteiger partial charge on any atom is -0.483 e. The molecule has 3 nitrogen and oxygen atoms in total. The van der Waals surface area contributed by atoms with Crippen LogP contribution in [0.15, 0.2) is 36.4 Å². The van der Waals surface area contributed by atoms with E-state index < -0.39 is 36.4 Å². The van der Waals surface area contributed by atoms with Crippen molar-refractivity contribution in [3.8, 4) is 16.9 Å². The number of benzene rings is 2. The molecule has 0 heterocycles. The van der Waals surface area contributed by atoms with Crippen LogP contribution in [0, 0.1) is 0 Å². The van der Waals surface area contributed by atoms with Crippen molar-refractivity contribution < 1.29 is 41.0 Å². The molecule has 0 saturated heterocycles. The maximum absolute atomic E-state index is 12.8. The molecule has 0 aliphatic carbocycles. The minimum atomic E-state index is -4.68. The molecule has 29 heavy (non-hydrogen) atoms. The predicted molar refractivity (Wildman–Crippen MR) is 94.1 cm³/mol. The summed E-state index contributed by atoms with van der Waals surface area (Å²) < 4.78 is 81.0. The maximum Gasteiger partial charge on any atom is 0.422 e. The number of carbonyl (C=O) groups is 1. The number of aliphatic carboxylic acids is 1. The SMILES string of the molecule is CCC(C(=O)O)c1cc(Cl)c(-c2ccc(C(F)(F)F)cc2)c(OCC(F)(F)F)c1. The largest absolute Gasteiger partial charge is 0.483 e. The summed E-state index contributed by atoms with van der Waals surface area (Å²) >= 11 is 6.18. The van der Waals surface area contributed by atoms with Gasteiger partial charge >= 0.3 is 18.3 Å². The fraction of sp³-hybridized carbons (Fsp3) is 0.316. The molecule has 1 atom stereocenters. The summed E-state index contributed by atoms with van der Waals surface area (Å²) in [5.74, 6) is -2.61. The Labute approximate surface area is 166 Å². The number of rotatable bonds is 6. The summed E-state index contributed by atoms with van der Waals surface area (Å²) in [5, 5.41) is 9.15. The van der Waals surface area contributed by atoms with Crippen molar-refractivity contribution in [3.05, 3.63) is 52.5 Å². The molecule has 0 radical (unpaired) electrons. The number of halogens is 7. The van der Waals surface area contributed by atoms with Crippen LogP contribution < -0.4 is 4.74 Å². The lowest BCUT2D eigenvalue weighted by molar-refractivity contribution is -0.153. The Kier molecular flexibility index (Phi) is 6.72. The molecular weight excluding hydrogens is 426 g/mol. The minimum absolute atomic E-state index is 0.0615. The van der Waals surface area contributed by atoms with Crippen molar-refractivity contribution in [2.75, 3.05) is 6.61 Å². The Bertz CT molecular complexity index is 875. The maximum atomic E-state index is 12.8. The van der Waals surface area contributed by atoms with Crippen LogP contribution in [0.4, 0.5) is 26.3 Å². The van der Waals surface area contributed by atoms with E-state index in [1.165, 1.54) is 6.07 Å². The van der Waals surface area contributed by atoms with Crippen LogP contribution in [0.1, 0.15) is 30.4 Å². The van der Waals surface area contributed by atoms with Gasteiger partial charge in [-0.2, -0.15) is 26.3 Å². The van der Waals surface area contributed by atoms with Gasteiger partial charge in [0, 0.05) is 5.56 Å². The van der Waals surface area contributed by atoms with Crippen molar-refractivity contribution in [3.63, 3.8) is 0 Å². The second-order valence-electron chi connectivity index (χ2n) is 6.15. The van der Waals surface area contributed by atoms with Gasteiger partial charge in [-0.1, -0.05) is 30.7 Å². The quantitative estimate of drug-likeness (QED) is 0.518. The van der Waals surface area contributed by atoms with E-state index in [0.29, 0.717) is 0 Å². The van der Waals surface area contributed by atoms with Gasteiger partial charge in [-0.15, -0.1) is 0 Å². The first kappa shape index (κ1) is 22.9. The Hall–Kier alpha value is -2.42. The molecule has 0 saturated carbocycles. The average Bonchev–Trinajstić information content (AvgIpc) is 2.59. The summed E-state index contributed by atoms with van der Waals surface area (Å²) in [6.07, 6.45) is -9.13. The molecule has 1 N–H and O–H groups in total. The third kappa shape index (κ3) is 5.79. The number of alkyl halides is 6. The highest BCUT2D eigenvalue weighted by molar-refractivity contribution is 6.33. The number of hydrogen-bond donors (Lipinski definition) is 1. The zero-order valence-electron chi connectivity index (χ0n) is 14.9. The highest BCUT2D eigenvalue weighted by Gasteiger charge is 2.32. The van der Waals surface area contributed by atoms with Crippen molar-refractivity contribution in [1.82, 2.24) is 0 Å². The molecule has 0 spiro atoms. The molecule has 0 aliphatic rings. The molecule has 0 bridgehead atoms. The van der Waals surface area contributed by atoms with Crippen LogP contribution in [-0.4, -0.2) is 23.9 Å². The molecule has 0 fully saturated rings. The molecule has 0 aliphatic heterocycles. The first-order valence-electron chi connectivity index (χ1n) is 8.27. The third-order valence-corrected chi connectivity index (χ3v) is 4.38. The van der Waals surface area contributed by atoms with Gasteiger partial charge in [-0.25, -0.2) is 0 Å². The fourth-order valence-electron chi connectivity index (χ4n) is 2.73. The van der Waals surface area contributed by atoms with Gasteiger partial charge < -0.3 is 9.84 Å². The summed E-state index contributed by atoms with van der Waals surface area (Å²) in [4.78, 5) is 11.4. The van der Waals surface area contributed by atoms with E-state index in [1.807, 2.05) is 0 Å². The Balaban J connectivity index is 2.58.